The van der Waals surface area contributed by atoms with E-state index in [9.17, 15) is 4.79 Å². The van der Waals surface area contributed by atoms with Crippen LogP contribution in [0.15, 0.2) is 77.9 Å². The molecule has 3 aromatic rings. The monoisotopic (exact) mass is 409 g/mol. The quantitative estimate of drug-likeness (QED) is 0.422. The molecule has 0 aromatic heterocycles. The first-order chi connectivity index (χ1) is 14.1. The van der Waals surface area contributed by atoms with Crippen LogP contribution >= 0.6 is 11.6 Å². The van der Waals surface area contributed by atoms with Crippen LogP contribution in [0, 0.1) is 0 Å². The Balaban J connectivity index is 1.56. The molecule has 148 valence electrons. The number of anilines is 1. The zero-order chi connectivity index (χ0) is 20.5. The number of amides is 2. The summed E-state index contributed by atoms with van der Waals surface area (Å²) in [5, 5.41) is 7.19. The van der Waals surface area contributed by atoms with Crippen molar-refractivity contribution in [3.05, 3.63) is 88.9 Å². The highest BCUT2D eigenvalue weighted by Crippen LogP contribution is 2.28. The Morgan fingerprint density at radius 1 is 1.03 bits per heavy atom. The number of carbonyl (C=O) groups is 1. The van der Waals surface area contributed by atoms with Gasteiger partial charge in [-0.25, -0.2) is 10.2 Å². The smallest absolute Gasteiger partial charge is 0.339 e. The summed E-state index contributed by atoms with van der Waals surface area (Å²) >= 11 is 5.82. The summed E-state index contributed by atoms with van der Waals surface area (Å²) in [6, 6.07) is 21.6. The van der Waals surface area contributed by atoms with Gasteiger partial charge in [0, 0.05) is 10.7 Å². The minimum absolute atomic E-state index is 0.442. The molecule has 3 aromatic carbocycles. The van der Waals surface area contributed by atoms with Crippen molar-refractivity contribution in [1.82, 2.24) is 5.43 Å². The zero-order valence-electron chi connectivity index (χ0n) is 15.8. The molecule has 3 rings (SSSR count). The van der Waals surface area contributed by atoms with Crippen molar-refractivity contribution in [2.75, 3.05) is 12.4 Å². The summed E-state index contributed by atoms with van der Waals surface area (Å²) in [5.74, 6) is 1.21. The third-order valence-electron chi connectivity index (χ3n) is 3.91. The molecule has 29 heavy (non-hydrogen) atoms. The van der Waals surface area contributed by atoms with E-state index >= 15 is 0 Å². The van der Waals surface area contributed by atoms with Crippen molar-refractivity contribution < 1.29 is 14.3 Å². The molecule has 0 fully saturated rings. The van der Waals surface area contributed by atoms with Gasteiger partial charge in [0.1, 0.15) is 6.61 Å². The Morgan fingerprint density at radius 2 is 1.79 bits per heavy atom. The SMILES string of the molecule is COc1cc(/C=N\NC(=O)Nc2ccc(Cl)cc2)ccc1OCc1ccccc1. The minimum atomic E-state index is -0.460. The summed E-state index contributed by atoms with van der Waals surface area (Å²) in [4.78, 5) is 11.9. The van der Waals surface area contributed by atoms with Gasteiger partial charge >= 0.3 is 6.03 Å². The largest absolute Gasteiger partial charge is 0.493 e. The average molecular weight is 410 g/mol. The van der Waals surface area contributed by atoms with Gasteiger partial charge in [0.05, 0.1) is 13.3 Å². The predicted octanol–water partition coefficient (Wildman–Crippen LogP) is 5.08. The van der Waals surface area contributed by atoms with E-state index in [0.717, 1.165) is 11.1 Å². The predicted molar refractivity (Wildman–Crippen MR) is 115 cm³/mol. The van der Waals surface area contributed by atoms with E-state index < -0.39 is 6.03 Å². The fraction of sp³-hybridized carbons (Fsp3) is 0.0909. The van der Waals surface area contributed by atoms with Gasteiger partial charge in [-0.05, 0) is 53.6 Å². The lowest BCUT2D eigenvalue weighted by molar-refractivity contribution is 0.252. The molecular formula is C22H20ClN3O3. The highest BCUT2D eigenvalue weighted by atomic mass is 35.5. The molecule has 0 atom stereocenters. The normalized spacial score (nSPS) is 10.6. The summed E-state index contributed by atoms with van der Waals surface area (Å²) in [6.07, 6.45) is 1.52. The zero-order valence-corrected chi connectivity index (χ0v) is 16.5. The molecule has 0 radical (unpaired) electrons. The van der Waals surface area contributed by atoms with Crippen LogP contribution in [0.5, 0.6) is 11.5 Å². The topological polar surface area (TPSA) is 72.0 Å². The number of halogens is 1. The molecule has 0 aliphatic heterocycles. The highest BCUT2D eigenvalue weighted by Gasteiger charge is 2.06. The third kappa shape index (κ3) is 6.26. The second-order valence-corrected chi connectivity index (χ2v) is 6.45. The molecule has 0 spiro atoms. The van der Waals surface area contributed by atoms with Gasteiger partial charge in [-0.2, -0.15) is 5.10 Å². The number of hydrogen-bond donors (Lipinski definition) is 2. The number of rotatable bonds is 7. The Kier molecular flexibility index (Phi) is 7.08. The van der Waals surface area contributed by atoms with Gasteiger partial charge in [0.25, 0.3) is 0 Å². The second kappa shape index (κ2) is 10.1. The summed E-state index contributed by atoms with van der Waals surface area (Å²) in [7, 11) is 1.57. The van der Waals surface area contributed by atoms with Crippen LogP contribution in [0.25, 0.3) is 0 Å². The Bertz CT molecular complexity index is 976. The number of hydrogen-bond acceptors (Lipinski definition) is 4. The standard InChI is InChI=1S/C22H20ClN3O3/c1-28-21-13-17(7-12-20(21)29-15-16-5-3-2-4-6-16)14-24-26-22(27)25-19-10-8-18(23)9-11-19/h2-14H,15H2,1H3,(H2,25,26,27)/b24-14-. The number of nitrogens with one attached hydrogen (secondary N) is 2. The summed E-state index contributed by atoms with van der Waals surface area (Å²) in [5.41, 5.74) is 4.84. The first-order valence-corrected chi connectivity index (χ1v) is 9.22. The van der Waals surface area contributed by atoms with E-state index in [-0.39, 0.29) is 0 Å². The van der Waals surface area contributed by atoms with Crippen LogP contribution < -0.4 is 20.2 Å². The molecule has 0 bridgehead atoms. The number of urea groups is 1. The first kappa shape index (κ1) is 20.2. The number of hydrazone groups is 1. The van der Waals surface area contributed by atoms with Crippen molar-refractivity contribution >= 4 is 29.5 Å². The molecular weight excluding hydrogens is 390 g/mol. The van der Waals surface area contributed by atoms with Crippen molar-refractivity contribution in [3.63, 3.8) is 0 Å². The van der Waals surface area contributed by atoms with Crippen molar-refractivity contribution in [2.24, 2.45) is 5.10 Å². The van der Waals surface area contributed by atoms with Crippen LogP contribution in [-0.4, -0.2) is 19.4 Å². The van der Waals surface area contributed by atoms with E-state index in [1.807, 2.05) is 36.4 Å². The van der Waals surface area contributed by atoms with Crippen molar-refractivity contribution in [2.45, 2.75) is 6.61 Å². The molecule has 0 heterocycles. The van der Waals surface area contributed by atoms with Crippen LogP contribution in [0.1, 0.15) is 11.1 Å². The Labute approximate surface area is 174 Å². The second-order valence-electron chi connectivity index (χ2n) is 6.02. The lowest BCUT2D eigenvalue weighted by Gasteiger charge is -2.11. The molecule has 2 amide bonds. The molecule has 0 saturated heterocycles. The van der Waals surface area contributed by atoms with Crippen LogP contribution in [-0.2, 0) is 6.61 Å². The molecule has 6 nitrogen and oxygen atoms in total. The van der Waals surface area contributed by atoms with E-state index in [4.69, 9.17) is 21.1 Å². The van der Waals surface area contributed by atoms with E-state index in [1.54, 1.807) is 43.5 Å². The van der Waals surface area contributed by atoms with Crippen LogP contribution in [0.2, 0.25) is 5.02 Å². The molecule has 0 saturated carbocycles. The molecule has 0 aliphatic rings. The summed E-state index contributed by atoms with van der Waals surface area (Å²) in [6.45, 7) is 0.442. The number of benzene rings is 3. The van der Waals surface area contributed by atoms with E-state index in [2.05, 4.69) is 15.8 Å². The number of methoxy groups -OCH3 is 1. The number of carbonyl (C=O) groups excluding carboxylic acids is 1. The highest BCUT2D eigenvalue weighted by molar-refractivity contribution is 6.30. The number of ether oxygens (including phenoxy) is 2. The summed E-state index contributed by atoms with van der Waals surface area (Å²) < 4.78 is 11.2. The van der Waals surface area contributed by atoms with Gasteiger partial charge in [0.15, 0.2) is 11.5 Å². The molecule has 0 aliphatic carbocycles. The molecule has 0 unspecified atom stereocenters. The Morgan fingerprint density at radius 3 is 2.52 bits per heavy atom. The van der Waals surface area contributed by atoms with Crippen molar-refractivity contribution in [1.29, 1.82) is 0 Å². The van der Waals surface area contributed by atoms with Gasteiger partial charge < -0.3 is 14.8 Å². The van der Waals surface area contributed by atoms with E-state index in [1.165, 1.54) is 6.21 Å². The maximum absolute atomic E-state index is 11.9. The lowest BCUT2D eigenvalue weighted by Crippen LogP contribution is -2.24. The lowest BCUT2D eigenvalue weighted by atomic mass is 10.2. The minimum Gasteiger partial charge on any atom is -0.493 e. The molecule has 7 heteroatoms. The first-order valence-electron chi connectivity index (χ1n) is 8.84. The van der Waals surface area contributed by atoms with Gasteiger partial charge in [-0.1, -0.05) is 41.9 Å². The van der Waals surface area contributed by atoms with Gasteiger partial charge in [-0.3, -0.25) is 0 Å². The van der Waals surface area contributed by atoms with Crippen LogP contribution in [0.3, 0.4) is 0 Å². The average Bonchev–Trinajstić information content (AvgIpc) is 2.75. The maximum atomic E-state index is 11.9. The fourth-order valence-corrected chi connectivity index (χ4v) is 2.60. The maximum Gasteiger partial charge on any atom is 0.339 e. The number of nitrogens with zero attached hydrogens (tertiary/aromatic N) is 1. The molecule has 2 N–H and O–H groups in total. The third-order valence-corrected chi connectivity index (χ3v) is 4.16. The van der Waals surface area contributed by atoms with Crippen LogP contribution in [0.4, 0.5) is 10.5 Å². The van der Waals surface area contributed by atoms with E-state index in [0.29, 0.717) is 28.8 Å². The van der Waals surface area contributed by atoms with Gasteiger partial charge in [0.2, 0.25) is 0 Å². The van der Waals surface area contributed by atoms with Crippen molar-refractivity contribution in [3.8, 4) is 11.5 Å². The Hall–Kier alpha value is -3.51. The fourth-order valence-electron chi connectivity index (χ4n) is 2.48. The van der Waals surface area contributed by atoms with Gasteiger partial charge in [-0.15, -0.1) is 0 Å².